The molecular formula is C29H41N3O. The summed E-state index contributed by atoms with van der Waals surface area (Å²) in [5, 5.41) is 7.08. The average molecular weight is 448 g/mol. The third kappa shape index (κ3) is 6.38. The van der Waals surface area contributed by atoms with Gasteiger partial charge in [-0.05, 0) is 75.3 Å². The summed E-state index contributed by atoms with van der Waals surface area (Å²) in [5.41, 5.74) is 5.17. The maximum absolute atomic E-state index is 12.1. The van der Waals surface area contributed by atoms with Gasteiger partial charge in [-0.3, -0.25) is 4.79 Å². The predicted molar refractivity (Wildman–Crippen MR) is 138 cm³/mol. The number of hydrogen-bond donors (Lipinski definition) is 2. The first-order chi connectivity index (χ1) is 16.0. The Labute approximate surface area is 200 Å². The molecule has 1 saturated heterocycles. The van der Waals surface area contributed by atoms with Crippen molar-refractivity contribution in [2.45, 2.75) is 83.2 Å². The Morgan fingerprint density at radius 1 is 1.00 bits per heavy atom. The number of benzene rings is 2. The number of carbonyl (C=O) groups is 1. The van der Waals surface area contributed by atoms with Crippen molar-refractivity contribution < 1.29 is 4.79 Å². The van der Waals surface area contributed by atoms with Crippen LogP contribution in [0, 0.1) is 6.92 Å². The van der Waals surface area contributed by atoms with Gasteiger partial charge < -0.3 is 15.5 Å². The zero-order valence-corrected chi connectivity index (χ0v) is 20.5. The Hall–Kier alpha value is -2.33. The van der Waals surface area contributed by atoms with Crippen LogP contribution in [0.25, 0.3) is 0 Å². The van der Waals surface area contributed by atoms with Crippen LogP contribution in [0.3, 0.4) is 0 Å². The number of anilines is 1. The maximum atomic E-state index is 12.1. The number of nitrogens with one attached hydrogen (secondary N) is 2. The number of hydrogen-bond acceptors (Lipinski definition) is 3. The van der Waals surface area contributed by atoms with Crippen LogP contribution in [0.4, 0.5) is 5.69 Å². The second-order valence-electron chi connectivity index (χ2n) is 10.2. The largest absolute Gasteiger partial charge is 0.382 e. The number of carbonyl (C=O) groups excluding carboxylic acids is 1. The van der Waals surface area contributed by atoms with Crippen LogP contribution >= 0.6 is 0 Å². The molecule has 2 N–H and O–H groups in total. The van der Waals surface area contributed by atoms with Crippen LogP contribution in [0.1, 0.15) is 75.0 Å². The third-order valence-corrected chi connectivity index (χ3v) is 7.59. The van der Waals surface area contributed by atoms with Crippen LogP contribution in [-0.2, 0) is 16.8 Å². The Kier molecular flexibility index (Phi) is 8.08. The van der Waals surface area contributed by atoms with Crippen LogP contribution in [0.2, 0.25) is 0 Å². The van der Waals surface area contributed by atoms with E-state index in [0.29, 0.717) is 6.04 Å². The molecule has 1 aliphatic carbocycles. The number of aryl methyl sites for hydroxylation is 2. The van der Waals surface area contributed by atoms with Gasteiger partial charge in [0.15, 0.2) is 0 Å². The van der Waals surface area contributed by atoms with Crippen molar-refractivity contribution in [3.63, 3.8) is 0 Å². The molecule has 1 heterocycles. The molecule has 2 aliphatic rings. The van der Waals surface area contributed by atoms with Gasteiger partial charge in [-0.2, -0.15) is 0 Å². The molecule has 0 bridgehead atoms. The van der Waals surface area contributed by atoms with Gasteiger partial charge in [0.05, 0.1) is 5.54 Å². The summed E-state index contributed by atoms with van der Waals surface area (Å²) < 4.78 is 0. The van der Waals surface area contributed by atoms with Gasteiger partial charge in [-0.25, -0.2) is 0 Å². The Morgan fingerprint density at radius 2 is 1.70 bits per heavy atom. The van der Waals surface area contributed by atoms with E-state index in [1.165, 1.54) is 74.0 Å². The molecular weight excluding hydrogens is 406 g/mol. The fourth-order valence-corrected chi connectivity index (χ4v) is 5.84. The SMILES string of the molecule is CC(=O)NC1(c2ccccc2CCCN2CCC(Nc3ccc(C)cc3)CC2)CCCCC1. The summed E-state index contributed by atoms with van der Waals surface area (Å²) in [4.78, 5) is 14.7. The van der Waals surface area contributed by atoms with Gasteiger partial charge in [-0.1, -0.05) is 61.2 Å². The van der Waals surface area contributed by atoms with E-state index >= 15 is 0 Å². The summed E-state index contributed by atoms with van der Waals surface area (Å²) in [6.07, 6.45) is 10.4. The van der Waals surface area contributed by atoms with Crippen molar-refractivity contribution in [1.29, 1.82) is 0 Å². The van der Waals surface area contributed by atoms with Crippen LogP contribution in [0.5, 0.6) is 0 Å². The number of likely N-dealkylation sites (tertiary alicyclic amines) is 1. The maximum Gasteiger partial charge on any atom is 0.217 e. The van der Waals surface area contributed by atoms with Crippen molar-refractivity contribution in [1.82, 2.24) is 10.2 Å². The molecule has 178 valence electrons. The highest BCUT2D eigenvalue weighted by atomic mass is 16.1. The monoisotopic (exact) mass is 447 g/mol. The molecule has 4 heteroatoms. The van der Waals surface area contributed by atoms with E-state index < -0.39 is 0 Å². The number of nitrogens with zero attached hydrogens (tertiary/aromatic N) is 1. The summed E-state index contributed by atoms with van der Waals surface area (Å²) in [7, 11) is 0. The Bertz CT molecular complexity index is 893. The highest BCUT2D eigenvalue weighted by Gasteiger charge is 2.36. The summed E-state index contributed by atoms with van der Waals surface area (Å²) in [6.45, 7) is 7.28. The molecule has 1 saturated carbocycles. The van der Waals surface area contributed by atoms with Gasteiger partial charge in [0.2, 0.25) is 5.91 Å². The second-order valence-corrected chi connectivity index (χ2v) is 10.2. The van der Waals surface area contributed by atoms with Gasteiger partial charge in [0.25, 0.3) is 0 Å². The van der Waals surface area contributed by atoms with E-state index in [2.05, 4.69) is 71.0 Å². The minimum Gasteiger partial charge on any atom is -0.382 e. The summed E-state index contributed by atoms with van der Waals surface area (Å²) >= 11 is 0. The van der Waals surface area contributed by atoms with Crippen molar-refractivity contribution in [3.8, 4) is 0 Å². The molecule has 0 radical (unpaired) electrons. The second kappa shape index (κ2) is 11.2. The van der Waals surface area contributed by atoms with E-state index in [9.17, 15) is 4.79 Å². The molecule has 0 spiro atoms. The third-order valence-electron chi connectivity index (χ3n) is 7.59. The van der Waals surface area contributed by atoms with E-state index in [1.807, 2.05) is 0 Å². The zero-order chi connectivity index (χ0) is 23.1. The minimum atomic E-state index is -0.166. The first-order valence-electron chi connectivity index (χ1n) is 13.0. The Balaban J connectivity index is 1.29. The Morgan fingerprint density at radius 3 is 2.39 bits per heavy atom. The number of amides is 1. The highest BCUT2D eigenvalue weighted by molar-refractivity contribution is 5.74. The molecule has 2 fully saturated rings. The fourth-order valence-electron chi connectivity index (χ4n) is 5.84. The van der Waals surface area contributed by atoms with Gasteiger partial charge in [0.1, 0.15) is 0 Å². The average Bonchev–Trinajstić information content (AvgIpc) is 2.82. The normalized spacial score (nSPS) is 19.2. The molecule has 2 aromatic carbocycles. The summed E-state index contributed by atoms with van der Waals surface area (Å²) in [5.74, 6) is 0.0915. The first-order valence-corrected chi connectivity index (χ1v) is 13.0. The lowest BCUT2D eigenvalue weighted by Gasteiger charge is -2.40. The van der Waals surface area contributed by atoms with Crippen LogP contribution in [-0.4, -0.2) is 36.5 Å². The minimum absolute atomic E-state index is 0.0915. The molecule has 4 nitrogen and oxygen atoms in total. The van der Waals surface area contributed by atoms with E-state index in [-0.39, 0.29) is 11.4 Å². The molecule has 0 atom stereocenters. The number of rotatable bonds is 8. The topological polar surface area (TPSA) is 44.4 Å². The quantitative estimate of drug-likeness (QED) is 0.537. The highest BCUT2D eigenvalue weighted by Crippen LogP contribution is 2.39. The van der Waals surface area contributed by atoms with E-state index in [1.54, 1.807) is 6.92 Å². The van der Waals surface area contributed by atoms with Crippen molar-refractivity contribution in [2.75, 3.05) is 25.0 Å². The number of piperidine rings is 1. The van der Waals surface area contributed by atoms with E-state index in [0.717, 1.165) is 25.8 Å². The van der Waals surface area contributed by atoms with E-state index in [4.69, 9.17) is 0 Å². The fraction of sp³-hybridized carbons (Fsp3) is 0.552. The lowest BCUT2D eigenvalue weighted by Crippen LogP contribution is -2.47. The molecule has 33 heavy (non-hydrogen) atoms. The van der Waals surface area contributed by atoms with Crippen molar-refractivity contribution >= 4 is 11.6 Å². The first kappa shape index (κ1) is 23.8. The molecule has 0 aromatic heterocycles. The van der Waals surface area contributed by atoms with Gasteiger partial charge in [-0.15, -0.1) is 0 Å². The molecule has 0 unspecified atom stereocenters. The van der Waals surface area contributed by atoms with Gasteiger partial charge in [0, 0.05) is 31.7 Å². The van der Waals surface area contributed by atoms with Crippen LogP contribution in [0.15, 0.2) is 48.5 Å². The molecule has 1 aliphatic heterocycles. The molecule has 1 amide bonds. The predicted octanol–water partition coefficient (Wildman–Crippen LogP) is 5.80. The zero-order valence-electron chi connectivity index (χ0n) is 20.5. The standard InChI is InChI=1S/C29H41N3O/c1-23-12-14-26(15-13-23)30-27-16-21-32(22-17-27)20-8-10-25-9-4-5-11-28(25)29(31-24(2)33)18-6-3-7-19-29/h4-5,9,11-15,27,30H,3,6-8,10,16-22H2,1-2H3,(H,31,33). The van der Waals surface area contributed by atoms with Crippen molar-refractivity contribution in [3.05, 3.63) is 65.2 Å². The van der Waals surface area contributed by atoms with Crippen LogP contribution < -0.4 is 10.6 Å². The van der Waals surface area contributed by atoms with Crippen molar-refractivity contribution in [2.24, 2.45) is 0 Å². The molecule has 2 aromatic rings. The lowest BCUT2D eigenvalue weighted by atomic mass is 9.74. The lowest BCUT2D eigenvalue weighted by molar-refractivity contribution is -0.121. The summed E-state index contributed by atoms with van der Waals surface area (Å²) in [6, 6.07) is 18.2. The van der Waals surface area contributed by atoms with Gasteiger partial charge >= 0.3 is 0 Å². The molecule has 4 rings (SSSR count). The smallest absolute Gasteiger partial charge is 0.217 e.